The fraction of sp³-hybridized carbons (Fsp3) is 0. The van der Waals surface area contributed by atoms with Crippen LogP contribution in [-0.4, -0.2) is 5.91 Å². The average Bonchev–Trinajstić information content (AvgIpc) is 2.69. The van der Waals surface area contributed by atoms with Crippen molar-refractivity contribution >= 4 is 35.1 Å². The number of pyridine rings is 1. The Morgan fingerprint density at radius 2 is 1.89 bits per heavy atom. The predicted octanol–water partition coefficient (Wildman–Crippen LogP) is 2.58. The first-order valence-electron chi connectivity index (χ1n) is 5.54. The Kier molecular flexibility index (Phi) is 2.61. The fourth-order valence-electron chi connectivity index (χ4n) is 1.90. The topological polar surface area (TPSA) is 33.0 Å². The van der Waals surface area contributed by atoms with E-state index in [0.717, 1.165) is 11.4 Å². The highest BCUT2D eigenvalue weighted by atomic mass is 35.5. The van der Waals surface area contributed by atoms with Gasteiger partial charge in [-0.05, 0) is 23.8 Å². The van der Waals surface area contributed by atoms with Crippen LogP contribution >= 0.6 is 11.6 Å². The molecule has 0 bridgehead atoms. The number of anilines is 1. The van der Waals surface area contributed by atoms with Gasteiger partial charge >= 0.3 is 5.91 Å². The molecule has 0 atom stereocenters. The molecular weight excluding hydrogens is 248 g/mol. The summed E-state index contributed by atoms with van der Waals surface area (Å²) in [7, 11) is 0. The summed E-state index contributed by atoms with van der Waals surface area (Å²) in [5, 5.41) is 3.49. The summed E-state index contributed by atoms with van der Waals surface area (Å²) in [5.74, 6) is 0.680. The van der Waals surface area contributed by atoms with Crippen molar-refractivity contribution < 1.29 is 9.36 Å². The van der Waals surface area contributed by atoms with Crippen LogP contribution in [0.5, 0.6) is 0 Å². The molecule has 1 N–H and O–H groups in total. The number of hydrogen-bond donors (Lipinski definition) is 1. The van der Waals surface area contributed by atoms with Gasteiger partial charge < -0.3 is 0 Å². The number of carbonyl (C=O) groups excluding carboxylic acids is 1. The van der Waals surface area contributed by atoms with Crippen molar-refractivity contribution in [3.8, 4) is 0 Å². The Labute approximate surface area is 109 Å². The largest absolute Gasteiger partial charge is 0.379 e. The summed E-state index contributed by atoms with van der Waals surface area (Å²) < 4.78 is 1.83. The maximum atomic E-state index is 11.9. The minimum atomic E-state index is -0.101. The molecule has 4 heteroatoms. The molecule has 0 saturated carbocycles. The molecule has 1 aliphatic rings. The molecule has 2 aromatic rings. The van der Waals surface area contributed by atoms with Crippen LogP contribution in [0.15, 0.2) is 48.7 Å². The summed E-state index contributed by atoms with van der Waals surface area (Å²) in [6.45, 7) is 0. The Balaban J connectivity index is 2.07. The van der Waals surface area contributed by atoms with E-state index in [2.05, 4.69) is 5.32 Å². The highest BCUT2D eigenvalue weighted by Gasteiger charge is 2.31. The smallest absolute Gasteiger partial charge is 0.237 e. The molecule has 0 radical (unpaired) electrons. The van der Waals surface area contributed by atoms with Crippen molar-refractivity contribution in [1.29, 1.82) is 0 Å². The second-order valence-corrected chi connectivity index (χ2v) is 4.43. The van der Waals surface area contributed by atoms with Crippen LogP contribution in [0.3, 0.4) is 0 Å². The number of benzene rings is 1. The van der Waals surface area contributed by atoms with Gasteiger partial charge in [0.2, 0.25) is 5.70 Å². The average molecular weight is 258 g/mol. The Hall–Kier alpha value is -2.13. The molecule has 3 nitrogen and oxygen atoms in total. The molecule has 1 aromatic heterocycles. The Morgan fingerprint density at radius 1 is 1.11 bits per heavy atom. The minimum absolute atomic E-state index is 0.101. The highest BCUT2D eigenvalue weighted by molar-refractivity contribution is 6.30. The molecule has 3 rings (SSSR count). The van der Waals surface area contributed by atoms with Gasteiger partial charge in [0.1, 0.15) is 0 Å². The lowest BCUT2D eigenvalue weighted by Gasteiger charge is -1.96. The highest BCUT2D eigenvalue weighted by Crippen LogP contribution is 2.17. The molecule has 0 spiro atoms. The Morgan fingerprint density at radius 3 is 2.67 bits per heavy atom. The lowest BCUT2D eigenvalue weighted by Crippen LogP contribution is -2.29. The first-order chi connectivity index (χ1) is 8.74. The van der Waals surface area contributed by atoms with Crippen molar-refractivity contribution in [2.45, 2.75) is 0 Å². The van der Waals surface area contributed by atoms with Crippen molar-refractivity contribution in [2.75, 3.05) is 5.32 Å². The van der Waals surface area contributed by atoms with E-state index in [-0.39, 0.29) is 5.91 Å². The van der Waals surface area contributed by atoms with Gasteiger partial charge in [0.05, 0.1) is 6.20 Å². The molecule has 2 heterocycles. The van der Waals surface area contributed by atoms with Crippen molar-refractivity contribution in [3.63, 3.8) is 0 Å². The van der Waals surface area contributed by atoms with E-state index in [0.29, 0.717) is 10.7 Å². The monoisotopic (exact) mass is 257 g/mol. The quantitative estimate of drug-likeness (QED) is 0.618. The summed E-state index contributed by atoms with van der Waals surface area (Å²) >= 11 is 5.83. The molecule has 88 valence electrons. The number of nitrogens with one attached hydrogen (secondary N) is 1. The Bertz CT molecular complexity index is 647. The lowest BCUT2D eigenvalue weighted by atomic mass is 10.2. The molecule has 1 aliphatic heterocycles. The van der Waals surface area contributed by atoms with Crippen LogP contribution in [0.1, 0.15) is 5.56 Å². The van der Waals surface area contributed by atoms with E-state index in [1.807, 2.05) is 47.2 Å². The summed E-state index contributed by atoms with van der Waals surface area (Å²) in [6, 6.07) is 13.0. The minimum Gasteiger partial charge on any atom is -0.237 e. The standard InChI is InChI=1S/C14H9ClN2O/c15-11-6-4-10(5-7-11)9-12-14(18)16-13-3-1-2-8-17(12)13/h1-9H/p+1/b12-9+. The molecule has 0 aliphatic carbocycles. The number of nitrogens with zero attached hydrogens (tertiary/aromatic N) is 1. The molecular formula is C14H10ClN2O+. The molecule has 1 amide bonds. The molecule has 0 saturated heterocycles. The van der Waals surface area contributed by atoms with Gasteiger partial charge in [0, 0.05) is 17.2 Å². The SMILES string of the molecule is O=C1Nc2cccc[n+]2/C1=C/c1ccc(Cl)cc1. The number of amides is 1. The van der Waals surface area contributed by atoms with Gasteiger partial charge in [-0.15, -0.1) is 0 Å². The third kappa shape index (κ3) is 1.89. The predicted molar refractivity (Wildman–Crippen MR) is 70.9 cm³/mol. The van der Waals surface area contributed by atoms with Gasteiger partial charge in [-0.1, -0.05) is 29.8 Å². The molecule has 1 aromatic carbocycles. The first-order valence-corrected chi connectivity index (χ1v) is 5.91. The zero-order valence-corrected chi connectivity index (χ0v) is 10.2. The van der Waals surface area contributed by atoms with Crippen molar-refractivity contribution in [1.82, 2.24) is 0 Å². The van der Waals surface area contributed by atoms with Gasteiger partial charge in [0.15, 0.2) is 0 Å². The number of rotatable bonds is 1. The molecule has 0 unspecified atom stereocenters. The van der Waals surface area contributed by atoms with E-state index in [1.54, 1.807) is 12.1 Å². The van der Waals surface area contributed by atoms with Crippen LogP contribution in [-0.2, 0) is 4.79 Å². The fourth-order valence-corrected chi connectivity index (χ4v) is 2.02. The maximum absolute atomic E-state index is 11.9. The molecule has 0 fully saturated rings. The number of hydrogen-bond acceptors (Lipinski definition) is 1. The van der Waals surface area contributed by atoms with Crippen LogP contribution in [0.4, 0.5) is 5.82 Å². The third-order valence-corrected chi connectivity index (χ3v) is 3.02. The number of fused-ring (bicyclic) bond motifs is 1. The summed E-state index contributed by atoms with van der Waals surface area (Å²) in [5.41, 5.74) is 1.54. The van der Waals surface area contributed by atoms with Crippen LogP contribution in [0.25, 0.3) is 11.8 Å². The second kappa shape index (κ2) is 4.27. The zero-order valence-electron chi connectivity index (χ0n) is 9.43. The van der Waals surface area contributed by atoms with Gasteiger partial charge in [0.25, 0.3) is 5.82 Å². The third-order valence-electron chi connectivity index (χ3n) is 2.77. The number of halogens is 1. The normalized spacial score (nSPS) is 15.6. The van der Waals surface area contributed by atoms with Gasteiger partial charge in [-0.25, -0.2) is 10.1 Å². The summed E-state index contributed by atoms with van der Waals surface area (Å²) in [6.07, 6.45) is 3.69. The van der Waals surface area contributed by atoms with Crippen LogP contribution in [0, 0.1) is 0 Å². The maximum Gasteiger partial charge on any atom is 0.379 e. The first kappa shape index (κ1) is 11.0. The zero-order chi connectivity index (χ0) is 12.5. The van der Waals surface area contributed by atoms with E-state index in [9.17, 15) is 4.79 Å². The van der Waals surface area contributed by atoms with Gasteiger partial charge in [-0.2, -0.15) is 4.57 Å². The molecule has 18 heavy (non-hydrogen) atoms. The second-order valence-electron chi connectivity index (χ2n) is 3.99. The van der Waals surface area contributed by atoms with Crippen LogP contribution < -0.4 is 9.88 Å². The van der Waals surface area contributed by atoms with E-state index >= 15 is 0 Å². The van der Waals surface area contributed by atoms with Gasteiger partial charge in [-0.3, -0.25) is 0 Å². The lowest BCUT2D eigenvalue weighted by molar-refractivity contribution is -0.556. The summed E-state index contributed by atoms with van der Waals surface area (Å²) in [4.78, 5) is 11.9. The van der Waals surface area contributed by atoms with Crippen molar-refractivity contribution in [3.05, 3.63) is 59.2 Å². The van der Waals surface area contributed by atoms with Crippen LogP contribution in [0.2, 0.25) is 5.02 Å². The number of carbonyl (C=O) groups is 1. The van der Waals surface area contributed by atoms with Crippen molar-refractivity contribution in [2.24, 2.45) is 0 Å². The number of aromatic nitrogens is 1. The van der Waals surface area contributed by atoms with E-state index in [1.165, 1.54) is 0 Å². The van der Waals surface area contributed by atoms with E-state index in [4.69, 9.17) is 11.6 Å². The van der Waals surface area contributed by atoms with E-state index < -0.39 is 0 Å².